The van der Waals surface area contributed by atoms with Crippen molar-refractivity contribution < 1.29 is 9.21 Å². The fourth-order valence-electron chi connectivity index (χ4n) is 1.64. The third-order valence-electron chi connectivity index (χ3n) is 2.82. The molecule has 4 heteroatoms. The van der Waals surface area contributed by atoms with Crippen molar-refractivity contribution in [2.45, 2.75) is 27.3 Å². The number of nitriles is 1. The maximum absolute atomic E-state index is 12.0. The van der Waals surface area contributed by atoms with Crippen LogP contribution in [0.5, 0.6) is 0 Å². The molecule has 0 fully saturated rings. The summed E-state index contributed by atoms with van der Waals surface area (Å²) in [4.78, 5) is 13.6. The molecule has 0 aliphatic carbocycles. The fourth-order valence-corrected chi connectivity index (χ4v) is 1.64. The Morgan fingerprint density at radius 2 is 2.24 bits per heavy atom. The molecule has 0 saturated carbocycles. The van der Waals surface area contributed by atoms with Gasteiger partial charge in [-0.1, -0.05) is 13.8 Å². The zero-order valence-electron chi connectivity index (χ0n) is 10.7. The molecule has 1 unspecified atom stereocenters. The summed E-state index contributed by atoms with van der Waals surface area (Å²) in [5.41, 5.74) is 0.973. The van der Waals surface area contributed by atoms with Gasteiger partial charge in [-0.3, -0.25) is 4.79 Å². The summed E-state index contributed by atoms with van der Waals surface area (Å²) in [7, 11) is 1.71. The van der Waals surface area contributed by atoms with Crippen molar-refractivity contribution in [3.63, 3.8) is 0 Å². The van der Waals surface area contributed by atoms with Crippen molar-refractivity contribution in [3.8, 4) is 6.07 Å². The Hall–Kier alpha value is -1.76. The molecule has 0 aromatic carbocycles. The molecule has 0 N–H and O–H groups in total. The van der Waals surface area contributed by atoms with E-state index >= 15 is 0 Å². The van der Waals surface area contributed by atoms with Crippen molar-refractivity contribution in [2.75, 3.05) is 7.05 Å². The molecule has 1 aromatic heterocycles. The normalized spacial score (nSPS) is 12.2. The first kappa shape index (κ1) is 13.3. The van der Waals surface area contributed by atoms with Gasteiger partial charge in [0.05, 0.1) is 12.3 Å². The first-order chi connectivity index (χ1) is 7.97. The third kappa shape index (κ3) is 3.10. The van der Waals surface area contributed by atoms with Gasteiger partial charge in [-0.25, -0.2) is 0 Å². The zero-order chi connectivity index (χ0) is 13.0. The van der Waals surface area contributed by atoms with E-state index in [0.717, 1.165) is 11.3 Å². The van der Waals surface area contributed by atoms with Crippen LogP contribution in [-0.4, -0.2) is 17.9 Å². The summed E-state index contributed by atoms with van der Waals surface area (Å²) < 4.78 is 5.18. The molecular weight excluding hydrogens is 216 g/mol. The van der Waals surface area contributed by atoms with Gasteiger partial charge in [0, 0.05) is 19.2 Å². The van der Waals surface area contributed by atoms with Gasteiger partial charge in [0.25, 0.3) is 0 Å². The van der Waals surface area contributed by atoms with E-state index in [9.17, 15) is 4.79 Å². The Labute approximate surface area is 102 Å². The van der Waals surface area contributed by atoms with Gasteiger partial charge in [0.1, 0.15) is 11.7 Å². The summed E-state index contributed by atoms with van der Waals surface area (Å²) in [5, 5.41) is 8.98. The van der Waals surface area contributed by atoms with Crippen LogP contribution < -0.4 is 0 Å². The molecule has 1 amide bonds. The highest BCUT2D eigenvalue weighted by atomic mass is 16.3. The number of amides is 1. The number of rotatable bonds is 4. The van der Waals surface area contributed by atoms with E-state index in [4.69, 9.17) is 9.68 Å². The number of nitrogens with zero attached hydrogens (tertiary/aromatic N) is 2. The lowest BCUT2D eigenvalue weighted by atomic mass is 9.96. The Balaban J connectivity index is 2.71. The van der Waals surface area contributed by atoms with Crippen LogP contribution in [-0.2, 0) is 11.3 Å². The Kier molecular flexibility index (Phi) is 4.33. The van der Waals surface area contributed by atoms with Crippen LogP contribution in [0.15, 0.2) is 16.7 Å². The summed E-state index contributed by atoms with van der Waals surface area (Å²) >= 11 is 0. The van der Waals surface area contributed by atoms with Crippen LogP contribution in [0.1, 0.15) is 25.2 Å². The van der Waals surface area contributed by atoms with Crippen LogP contribution >= 0.6 is 0 Å². The molecule has 0 spiro atoms. The van der Waals surface area contributed by atoms with Crippen molar-refractivity contribution in [1.82, 2.24) is 4.90 Å². The van der Waals surface area contributed by atoms with E-state index in [2.05, 4.69) is 6.07 Å². The highest BCUT2D eigenvalue weighted by Crippen LogP contribution is 2.16. The van der Waals surface area contributed by atoms with Gasteiger partial charge in [-0.05, 0) is 18.9 Å². The van der Waals surface area contributed by atoms with Gasteiger partial charge >= 0.3 is 0 Å². The zero-order valence-corrected chi connectivity index (χ0v) is 10.7. The number of furan rings is 1. The lowest BCUT2D eigenvalue weighted by Gasteiger charge is -2.21. The molecule has 0 radical (unpaired) electrons. The summed E-state index contributed by atoms with van der Waals surface area (Å²) in [6, 6.07) is 3.90. The molecule has 1 aromatic rings. The largest absolute Gasteiger partial charge is 0.469 e. The van der Waals surface area contributed by atoms with Gasteiger partial charge < -0.3 is 9.32 Å². The average molecular weight is 234 g/mol. The Bertz CT molecular complexity index is 429. The Morgan fingerprint density at radius 3 is 2.65 bits per heavy atom. The van der Waals surface area contributed by atoms with Crippen molar-refractivity contribution >= 4 is 5.91 Å². The minimum atomic E-state index is -0.577. The molecule has 1 rings (SSSR count). The average Bonchev–Trinajstić information content (AvgIpc) is 2.64. The topological polar surface area (TPSA) is 57.2 Å². The van der Waals surface area contributed by atoms with E-state index in [-0.39, 0.29) is 11.8 Å². The smallest absolute Gasteiger partial charge is 0.240 e. The second-order valence-electron chi connectivity index (χ2n) is 4.55. The van der Waals surface area contributed by atoms with Crippen LogP contribution in [0, 0.1) is 30.1 Å². The number of aryl methyl sites for hydroxylation is 1. The quantitative estimate of drug-likeness (QED) is 0.803. The second kappa shape index (κ2) is 5.53. The van der Waals surface area contributed by atoms with Crippen molar-refractivity contribution in [1.29, 1.82) is 5.26 Å². The molecule has 0 aliphatic rings. The maximum Gasteiger partial charge on any atom is 0.240 e. The van der Waals surface area contributed by atoms with Crippen LogP contribution in [0.3, 0.4) is 0 Å². The fraction of sp³-hybridized carbons (Fsp3) is 0.538. The minimum Gasteiger partial charge on any atom is -0.469 e. The number of hydrogen-bond acceptors (Lipinski definition) is 3. The summed E-state index contributed by atoms with van der Waals surface area (Å²) in [6.45, 7) is 6.09. The van der Waals surface area contributed by atoms with E-state index in [1.165, 1.54) is 0 Å². The number of carbonyl (C=O) groups excluding carboxylic acids is 1. The van der Waals surface area contributed by atoms with E-state index in [1.54, 1.807) is 18.2 Å². The van der Waals surface area contributed by atoms with Crippen LogP contribution in [0.25, 0.3) is 0 Å². The standard InChI is InChI=1S/C13H18N2O2/c1-9(2)12(7-14)13(16)15(4)8-11-5-6-17-10(11)3/h5-6,9,12H,8H2,1-4H3. The summed E-state index contributed by atoms with van der Waals surface area (Å²) in [6.07, 6.45) is 1.60. The first-order valence-electron chi connectivity index (χ1n) is 5.65. The molecule has 17 heavy (non-hydrogen) atoms. The minimum absolute atomic E-state index is 0.0281. The summed E-state index contributed by atoms with van der Waals surface area (Å²) in [5.74, 6) is 0.124. The molecule has 1 atom stereocenters. The molecule has 4 nitrogen and oxygen atoms in total. The van der Waals surface area contributed by atoms with Crippen molar-refractivity contribution in [3.05, 3.63) is 23.7 Å². The Morgan fingerprint density at radius 1 is 1.59 bits per heavy atom. The van der Waals surface area contributed by atoms with Gasteiger partial charge in [-0.2, -0.15) is 5.26 Å². The lowest BCUT2D eigenvalue weighted by molar-refractivity contribution is -0.134. The predicted octanol–water partition coefficient (Wildman–Crippen LogP) is 2.34. The van der Waals surface area contributed by atoms with E-state index < -0.39 is 5.92 Å². The number of carbonyl (C=O) groups is 1. The molecular formula is C13H18N2O2. The highest BCUT2D eigenvalue weighted by Gasteiger charge is 2.25. The monoisotopic (exact) mass is 234 g/mol. The second-order valence-corrected chi connectivity index (χ2v) is 4.55. The third-order valence-corrected chi connectivity index (χ3v) is 2.82. The van der Waals surface area contributed by atoms with Gasteiger partial charge in [-0.15, -0.1) is 0 Å². The van der Waals surface area contributed by atoms with Crippen LogP contribution in [0.4, 0.5) is 0 Å². The molecule has 92 valence electrons. The first-order valence-corrected chi connectivity index (χ1v) is 5.65. The van der Waals surface area contributed by atoms with E-state index in [0.29, 0.717) is 6.54 Å². The molecule has 0 saturated heterocycles. The number of hydrogen-bond donors (Lipinski definition) is 0. The van der Waals surface area contributed by atoms with Crippen molar-refractivity contribution in [2.24, 2.45) is 11.8 Å². The highest BCUT2D eigenvalue weighted by molar-refractivity contribution is 5.81. The van der Waals surface area contributed by atoms with Gasteiger partial charge in [0.2, 0.25) is 5.91 Å². The molecule has 1 heterocycles. The maximum atomic E-state index is 12.0. The molecule has 0 bridgehead atoms. The van der Waals surface area contributed by atoms with Crippen LogP contribution in [0.2, 0.25) is 0 Å². The molecule has 0 aliphatic heterocycles. The lowest BCUT2D eigenvalue weighted by Crippen LogP contribution is -2.34. The SMILES string of the molecule is Cc1occc1CN(C)C(=O)C(C#N)C(C)C. The van der Waals surface area contributed by atoms with Gasteiger partial charge in [0.15, 0.2) is 0 Å². The predicted molar refractivity (Wildman–Crippen MR) is 63.9 cm³/mol. The van der Waals surface area contributed by atoms with E-state index in [1.807, 2.05) is 26.8 Å².